The van der Waals surface area contributed by atoms with Gasteiger partial charge in [-0.05, 0) is 27.7 Å². The Morgan fingerprint density at radius 3 is 2.29 bits per heavy atom. The van der Waals surface area contributed by atoms with Crippen LogP contribution in [0.3, 0.4) is 0 Å². The Labute approximate surface area is 124 Å². The van der Waals surface area contributed by atoms with Gasteiger partial charge in [-0.1, -0.05) is 0 Å². The molecule has 3 unspecified atom stereocenters. The van der Waals surface area contributed by atoms with Crippen molar-refractivity contribution in [2.75, 3.05) is 6.61 Å². The third-order valence-corrected chi connectivity index (χ3v) is 4.07. The Balaban J connectivity index is 1.75. The molecule has 5 atom stereocenters. The monoisotopic (exact) mass is 324 g/mol. The maximum absolute atomic E-state index is 9.20. The van der Waals surface area contributed by atoms with Crippen molar-refractivity contribution in [3.05, 3.63) is 0 Å². The molecular formula is C12H21O8P. The fraction of sp³-hybridized carbons (Fsp3) is 1.00. The van der Waals surface area contributed by atoms with Crippen molar-refractivity contribution < 1.29 is 38.0 Å². The van der Waals surface area contributed by atoms with Gasteiger partial charge in [0.25, 0.3) is 0 Å². The number of ether oxygens (including phenoxy) is 5. The van der Waals surface area contributed by atoms with Crippen molar-refractivity contribution in [2.45, 2.75) is 70.0 Å². The number of hydrogen-bond donors (Lipinski definition) is 2. The second-order valence-corrected chi connectivity index (χ2v) is 6.98. The van der Waals surface area contributed by atoms with Gasteiger partial charge in [-0.2, -0.15) is 0 Å². The van der Waals surface area contributed by atoms with Gasteiger partial charge in [-0.15, -0.1) is 0 Å². The van der Waals surface area contributed by atoms with Gasteiger partial charge in [-0.25, -0.2) is 0 Å². The highest BCUT2D eigenvalue weighted by molar-refractivity contribution is 7.39. The van der Waals surface area contributed by atoms with Crippen LogP contribution in [0.15, 0.2) is 0 Å². The second kappa shape index (κ2) is 5.33. The first-order valence-electron chi connectivity index (χ1n) is 6.84. The Morgan fingerprint density at radius 1 is 1.00 bits per heavy atom. The summed E-state index contributed by atoms with van der Waals surface area (Å²) < 4.78 is 33.7. The predicted molar refractivity (Wildman–Crippen MR) is 69.8 cm³/mol. The average molecular weight is 324 g/mol. The van der Waals surface area contributed by atoms with E-state index in [-0.39, 0.29) is 6.10 Å². The molecule has 122 valence electrons. The van der Waals surface area contributed by atoms with Crippen molar-refractivity contribution in [1.29, 1.82) is 0 Å². The molecule has 3 rings (SSSR count). The minimum absolute atomic E-state index is 0.329. The summed E-state index contributed by atoms with van der Waals surface area (Å²) in [5, 5.41) is 0. The molecule has 0 aromatic rings. The highest BCUT2D eigenvalue weighted by Crippen LogP contribution is 2.45. The van der Waals surface area contributed by atoms with Crippen LogP contribution < -0.4 is 0 Å². The lowest BCUT2D eigenvalue weighted by molar-refractivity contribution is -0.230. The van der Waals surface area contributed by atoms with Gasteiger partial charge in [0.15, 0.2) is 17.9 Å². The lowest BCUT2D eigenvalue weighted by atomic mass is 10.1. The maximum Gasteiger partial charge on any atom is 0.327 e. The Kier molecular flexibility index (Phi) is 4.06. The molecule has 3 heterocycles. The zero-order chi connectivity index (χ0) is 15.4. The van der Waals surface area contributed by atoms with E-state index in [1.165, 1.54) is 0 Å². The predicted octanol–water partition coefficient (Wildman–Crippen LogP) is 0.611. The molecule has 0 saturated carbocycles. The molecule has 0 aromatic heterocycles. The van der Waals surface area contributed by atoms with E-state index in [9.17, 15) is 9.79 Å². The fourth-order valence-electron chi connectivity index (χ4n) is 2.91. The largest absolute Gasteiger partial charge is 0.348 e. The van der Waals surface area contributed by atoms with Gasteiger partial charge in [0.05, 0.1) is 6.61 Å². The van der Waals surface area contributed by atoms with Crippen molar-refractivity contribution >= 4 is 8.60 Å². The Hall–Kier alpha value is 0.110. The van der Waals surface area contributed by atoms with Gasteiger partial charge >= 0.3 is 8.60 Å². The minimum atomic E-state index is -2.54. The maximum atomic E-state index is 9.20. The summed E-state index contributed by atoms with van der Waals surface area (Å²) in [6, 6.07) is 0. The van der Waals surface area contributed by atoms with Crippen LogP contribution in [0.2, 0.25) is 0 Å². The summed E-state index contributed by atoms with van der Waals surface area (Å²) in [5.74, 6) is -1.51. The van der Waals surface area contributed by atoms with Crippen molar-refractivity contribution in [2.24, 2.45) is 0 Å². The summed E-state index contributed by atoms with van der Waals surface area (Å²) in [7, 11) is -2.54. The molecule has 3 aliphatic heterocycles. The highest BCUT2D eigenvalue weighted by Gasteiger charge is 2.59. The topological polar surface area (TPSA) is 95.8 Å². The molecule has 3 aliphatic rings. The van der Waals surface area contributed by atoms with Crippen LogP contribution in [0.4, 0.5) is 0 Å². The van der Waals surface area contributed by atoms with Crippen LogP contribution in [0.25, 0.3) is 0 Å². The molecule has 0 amide bonds. The van der Waals surface area contributed by atoms with Crippen LogP contribution in [-0.2, 0) is 28.2 Å². The average Bonchev–Trinajstić information content (AvgIpc) is 2.90. The van der Waals surface area contributed by atoms with E-state index in [4.69, 9.17) is 28.2 Å². The summed E-state index contributed by atoms with van der Waals surface area (Å²) >= 11 is 0. The highest BCUT2D eigenvalue weighted by atomic mass is 31.2. The van der Waals surface area contributed by atoms with Gasteiger partial charge in [0, 0.05) is 0 Å². The van der Waals surface area contributed by atoms with Crippen LogP contribution in [-0.4, -0.2) is 58.7 Å². The second-order valence-electron chi connectivity index (χ2n) is 6.26. The van der Waals surface area contributed by atoms with E-state index >= 15 is 0 Å². The van der Waals surface area contributed by atoms with Crippen LogP contribution in [0, 0.1) is 0 Å². The molecule has 2 N–H and O–H groups in total. The molecule has 3 fully saturated rings. The first-order valence-corrected chi connectivity index (χ1v) is 8.01. The zero-order valence-electron chi connectivity index (χ0n) is 12.4. The Bertz CT molecular complexity index is 401. The molecule has 0 aromatic carbocycles. The van der Waals surface area contributed by atoms with E-state index in [0.717, 1.165) is 0 Å². The van der Waals surface area contributed by atoms with E-state index in [1.807, 2.05) is 0 Å². The van der Waals surface area contributed by atoms with Crippen LogP contribution in [0.5, 0.6) is 0 Å². The summed E-state index contributed by atoms with van der Waals surface area (Å²) in [6.07, 6.45) is -2.80. The standard InChI is InChI=1S/C12H21O8P/c1-11(2)15-5-6(17-11)7-8(20-21(13)14)9-10(16-7)19-12(3,4)18-9/h6-10,13-14H,5H2,1-4H3/t6?,7-,8?,9?,10-/m1/s1. The van der Waals surface area contributed by atoms with Crippen molar-refractivity contribution in [3.63, 3.8) is 0 Å². The van der Waals surface area contributed by atoms with E-state index in [1.54, 1.807) is 27.7 Å². The zero-order valence-corrected chi connectivity index (χ0v) is 13.3. The first-order chi connectivity index (χ1) is 9.67. The van der Waals surface area contributed by atoms with E-state index in [0.29, 0.717) is 6.61 Å². The third-order valence-electron chi connectivity index (χ3n) is 3.64. The molecule has 0 aliphatic carbocycles. The van der Waals surface area contributed by atoms with Crippen molar-refractivity contribution in [1.82, 2.24) is 0 Å². The first kappa shape index (κ1) is 16.0. The summed E-state index contributed by atoms with van der Waals surface area (Å²) in [6.45, 7) is 7.47. The number of rotatable bonds is 3. The summed E-state index contributed by atoms with van der Waals surface area (Å²) in [5.41, 5.74) is 0. The SMILES string of the molecule is CC1(C)OCC([C@H]2O[C@@H]3OC(C)(C)OC3C2OP(O)O)O1. The molecule has 9 heteroatoms. The van der Waals surface area contributed by atoms with E-state index < -0.39 is 44.8 Å². The molecule has 0 spiro atoms. The van der Waals surface area contributed by atoms with Gasteiger partial charge < -0.3 is 38.0 Å². The fourth-order valence-corrected chi connectivity index (χ4v) is 3.37. The normalized spacial score (nSPS) is 44.4. The quantitative estimate of drug-likeness (QED) is 0.729. The van der Waals surface area contributed by atoms with Gasteiger partial charge in [0.1, 0.15) is 24.4 Å². The third kappa shape index (κ3) is 3.24. The molecule has 0 radical (unpaired) electrons. The van der Waals surface area contributed by atoms with Gasteiger partial charge in [0.2, 0.25) is 0 Å². The molecule has 3 saturated heterocycles. The van der Waals surface area contributed by atoms with Gasteiger partial charge in [-0.3, -0.25) is 0 Å². The number of hydrogen-bond acceptors (Lipinski definition) is 8. The van der Waals surface area contributed by atoms with Crippen LogP contribution >= 0.6 is 8.60 Å². The lowest BCUT2D eigenvalue weighted by Gasteiger charge is -2.28. The lowest BCUT2D eigenvalue weighted by Crippen LogP contribution is -2.43. The van der Waals surface area contributed by atoms with E-state index in [2.05, 4.69) is 0 Å². The summed E-state index contributed by atoms with van der Waals surface area (Å²) in [4.78, 5) is 18.4. The van der Waals surface area contributed by atoms with Crippen LogP contribution in [0.1, 0.15) is 27.7 Å². The smallest absolute Gasteiger partial charge is 0.327 e. The number of fused-ring (bicyclic) bond motifs is 1. The van der Waals surface area contributed by atoms with Crippen molar-refractivity contribution in [3.8, 4) is 0 Å². The Morgan fingerprint density at radius 2 is 1.71 bits per heavy atom. The minimum Gasteiger partial charge on any atom is -0.348 e. The molecule has 21 heavy (non-hydrogen) atoms. The molecular weight excluding hydrogens is 303 g/mol. The molecule has 8 nitrogen and oxygen atoms in total. The molecule has 0 bridgehead atoms.